The smallest absolute Gasteiger partial charge is 0.319 e. The molecule has 2 atom stereocenters. The van der Waals surface area contributed by atoms with Crippen LogP contribution in [0.4, 0.5) is 22.7 Å². The Labute approximate surface area is 291 Å². The molecule has 0 fully saturated rings. The quantitative estimate of drug-likeness (QED) is 0.0887. The van der Waals surface area contributed by atoms with E-state index < -0.39 is 11.8 Å². The fraction of sp³-hybridized carbons (Fsp3) is 0.0952. The van der Waals surface area contributed by atoms with E-state index >= 15 is 0 Å². The van der Waals surface area contributed by atoms with Crippen LogP contribution in [0, 0.1) is 0 Å². The summed E-state index contributed by atoms with van der Waals surface area (Å²) in [5, 5.41) is 6.95. The summed E-state index contributed by atoms with van der Waals surface area (Å²) in [6.45, 7) is 0. The summed E-state index contributed by atoms with van der Waals surface area (Å²) in [6, 6.07) is 53.4. The van der Waals surface area contributed by atoms with Gasteiger partial charge in [-0.15, -0.1) is 0 Å². The third-order valence-electron chi connectivity index (χ3n) is 7.84. The molecule has 6 nitrogen and oxygen atoms in total. The zero-order valence-corrected chi connectivity index (χ0v) is 27.6. The third-order valence-corrected chi connectivity index (χ3v) is 8.98. The van der Waals surface area contributed by atoms with Crippen molar-refractivity contribution >= 4 is 46.5 Å². The SMILES string of the molecule is O=C(Oc1ccccc1)C(CSCC(C(=O)Oc1ccccc1)c1ccccc1Nc1ccccc1)c1ccccc1Nc1ccccc1. The molecule has 0 amide bonds. The normalized spacial score (nSPS) is 11.9. The van der Waals surface area contributed by atoms with Crippen molar-refractivity contribution in [1.29, 1.82) is 0 Å². The van der Waals surface area contributed by atoms with Crippen LogP contribution in [-0.4, -0.2) is 23.4 Å². The number of ether oxygens (including phenoxy) is 2. The van der Waals surface area contributed by atoms with Gasteiger partial charge in [-0.25, -0.2) is 0 Å². The number of benzene rings is 6. The van der Waals surface area contributed by atoms with Crippen LogP contribution >= 0.6 is 11.8 Å². The summed E-state index contributed by atoms with van der Waals surface area (Å²) >= 11 is 1.51. The van der Waals surface area contributed by atoms with E-state index in [0.717, 1.165) is 33.9 Å². The lowest BCUT2D eigenvalue weighted by molar-refractivity contribution is -0.136. The van der Waals surface area contributed by atoms with Crippen LogP contribution in [0.25, 0.3) is 0 Å². The van der Waals surface area contributed by atoms with Crippen molar-refractivity contribution in [3.05, 3.63) is 181 Å². The second-order valence-electron chi connectivity index (χ2n) is 11.3. The summed E-state index contributed by atoms with van der Waals surface area (Å²) in [4.78, 5) is 27.9. The Kier molecular flexibility index (Phi) is 11.4. The van der Waals surface area contributed by atoms with E-state index in [9.17, 15) is 9.59 Å². The molecule has 2 N–H and O–H groups in total. The maximum absolute atomic E-state index is 13.9. The number of para-hydroxylation sites is 6. The lowest BCUT2D eigenvalue weighted by Gasteiger charge is -2.23. The minimum Gasteiger partial charge on any atom is -0.426 e. The highest BCUT2D eigenvalue weighted by molar-refractivity contribution is 7.99. The first-order chi connectivity index (χ1) is 24.1. The van der Waals surface area contributed by atoms with Crippen molar-refractivity contribution in [2.75, 3.05) is 22.1 Å². The molecule has 6 rings (SSSR count). The average molecular weight is 665 g/mol. The Hall–Kier alpha value is -5.79. The zero-order chi connectivity index (χ0) is 33.7. The van der Waals surface area contributed by atoms with Gasteiger partial charge in [0.25, 0.3) is 0 Å². The molecule has 0 aliphatic heterocycles. The average Bonchev–Trinajstić information content (AvgIpc) is 3.14. The molecule has 0 spiro atoms. The Bertz CT molecular complexity index is 1800. The van der Waals surface area contributed by atoms with E-state index in [2.05, 4.69) is 10.6 Å². The molecular formula is C42H36N2O4S. The van der Waals surface area contributed by atoms with Crippen LogP contribution in [0.3, 0.4) is 0 Å². The van der Waals surface area contributed by atoms with Gasteiger partial charge in [0.05, 0.1) is 11.8 Å². The summed E-state index contributed by atoms with van der Waals surface area (Å²) in [5.41, 5.74) is 5.03. The number of carbonyl (C=O) groups excluding carboxylic acids is 2. The maximum atomic E-state index is 13.9. The van der Waals surface area contributed by atoms with Crippen molar-refractivity contribution in [3.8, 4) is 11.5 Å². The third kappa shape index (κ3) is 9.18. The largest absolute Gasteiger partial charge is 0.426 e. The number of thioether (sulfide) groups is 1. The minimum absolute atomic E-state index is 0.364. The van der Waals surface area contributed by atoms with Crippen molar-refractivity contribution in [1.82, 2.24) is 0 Å². The molecule has 6 aromatic rings. The van der Waals surface area contributed by atoms with Crippen LogP contribution in [0.1, 0.15) is 23.0 Å². The highest BCUT2D eigenvalue weighted by Crippen LogP contribution is 2.35. The predicted molar refractivity (Wildman–Crippen MR) is 199 cm³/mol. The van der Waals surface area contributed by atoms with E-state index in [4.69, 9.17) is 9.47 Å². The Morgan fingerprint density at radius 1 is 0.449 bits per heavy atom. The topological polar surface area (TPSA) is 76.7 Å². The molecule has 2 unspecified atom stereocenters. The lowest BCUT2D eigenvalue weighted by Crippen LogP contribution is -2.24. The van der Waals surface area contributed by atoms with E-state index in [1.165, 1.54) is 11.8 Å². The van der Waals surface area contributed by atoms with Crippen LogP contribution in [0.2, 0.25) is 0 Å². The van der Waals surface area contributed by atoms with E-state index in [1.807, 2.05) is 146 Å². The first-order valence-corrected chi connectivity index (χ1v) is 17.2. The molecule has 0 saturated heterocycles. The summed E-state index contributed by atoms with van der Waals surface area (Å²) in [7, 11) is 0. The predicted octanol–water partition coefficient (Wildman–Crippen LogP) is 9.99. The Morgan fingerprint density at radius 3 is 1.16 bits per heavy atom. The maximum Gasteiger partial charge on any atom is 0.319 e. The fourth-order valence-electron chi connectivity index (χ4n) is 5.41. The Morgan fingerprint density at radius 2 is 0.776 bits per heavy atom. The molecule has 0 bridgehead atoms. The number of esters is 2. The molecular weight excluding hydrogens is 629 g/mol. The van der Waals surface area contributed by atoms with Gasteiger partial charge in [-0.05, 0) is 71.8 Å². The number of carbonyl (C=O) groups is 2. The summed E-state index contributed by atoms with van der Waals surface area (Å²) in [6.07, 6.45) is 0. The van der Waals surface area contributed by atoms with Gasteiger partial charge < -0.3 is 20.1 Å². The highest BCUT2D eigenvalue weighted by atomic mass is 32.2. The van der Waals surface area contributed by atoms with Gasteiger partial charge in [0.15, 0.2) is 0 Å². The minimum atomic E-state index is -0.638. The summed E-state index contributed by atoms with van der Waals surface area (Å²) in [5.74, 6) is -0.360. The molecule has 0 saturated carbocycles. The van der Waals surface area contributed by atoms with E-state index in [-0.39, 0.29) is 11.9 Å². The van der Waals surface area contributed by atoms with Gasteiger partial charge in [0, 0.05) is 34.3 Å². The second-order valence-corrected chi connectivity index (χ2v) is 12.3. The number of anilines is 4. The molecule has 0 aliphatic rings. The molecule has 0 aromatic heterocycles. The molecule has 7 heteroatoms. The van der Waals surface area contributed by atoms with E-state index in [1.54, 1.807) is 24.3 Å². The van der Waals surface area contributed by atoms with Crippen LogP contribution in [0.5, 0.6) is 11.5 Å². The van der Waals surface area contributed by atoms with Crippen molar-refractivity contribution in [2.24, 2.45) is 0 Å². The second kappa shape index (κ2) is 16.9. The summed E-state index contributed by atoms with van der Waals surface area (Å²) < 4.78 is 11.8. The fourth-order valence-corrected chi connectivity index (χ4v) is 6.65. The highest BCUT2D eigenvalue weighted by Gasteiger charge is 2.29. The molecule has 0 aliphatic carbocycles. The van der Waals surface area contributed by atoms with Gasteiger partial charge in [-0.1, -0.05) is 109 Å². The number of nitrogens with one attached hydrogen (secondary N) is 2. The van der Waals surface area contributed by atoms with Gasteiger partial charge in [0.2, 0.25) is 0 Å². The molecule has 0 radical (unpaired) electrons. The van der Waals surface area contributed by atoms with Crippen molar-refractivity contribution < 1.29 is 19.1 Å². The number of hydrogen-bond acceptors (Lipinski definition) is 7. The van der Waals surface area contributed by atoms with Crippen LogP contribution in [-0.2, 0) is 9.59 Å². The van der Waals surface area contributed by atoms with Gasteiger partial charge in [-0.3, -0.25) is 9.59 Å². The monoisotopic (exact) mass is 664 g/mol. The van der Waals surface area contributed by atoms with Crippen molar-refractivity contribution in [2.45, 2.75) is 11.8 Å². The van der Waals surface area contributed by atoms with Crippen LogP contribution in [0.15, 0.2) is 170 Å². The molecule has 49 heavy (non-hydrogen) atoms. The molecule has 6 aromatic carbocycles. The van der Waals surface area contributed by atoms with Gasteiger partial charge in [-0.2, -0.15) is 11.8 Å². The van der Waals surface area contributed by atoms with Crippen LogP contribution < -0.4 is 20.1 Å². The standard InChI is InChI=1S/C42H36N2O4S/c45-41(47-33-21-9-3-10-22-33)37(35-25-13-15-27-39(35)43-31-17-5-1-6-18-31)29-49-30-38(42(46)48-34-23-11-4-12-24-34)36-26-14-16-28-40(36)44-32-19-7-2-8-20-32/h1-28,37-38,43-44H,29-30H2. The van der Waals surface area contributed by atoms with Crippen molar-refractivity contribution in [3.63, 3.8) is 0 Å². The molecule has 244 valence electrons. The number of rotatable bonds is 14. The van der Waals surface area contributed by atoms with E-state index in [0.29, 0.717) is 23.0 Å². The first-order valence-electron chi connectivity index (χ1n) is 16.1. The van der Waals surface area contributed by atoms with Gasteiger partial charge >= 0.3 is 11.9 Å². The van der Waals surface area contributed by atoms with Gasteiger partial charge in [0.1, 0.15) is 11.5 Å². The number of hydrogen-bond donors (Lipinski definition) is 2. The Balaban J connectivity index is 1.29. The zero-order valence-electron chi connectivity index (χ0n) is 26.8. The lowest BCUT2D eigenvalue weighted by atomic mass is 9.98. The molecule has 0 heterocycles. The first kappa shape index (κ1) is 33.1.